The van der Waals surface area contributed by atoms with Crippen LogP contribution in [0.5, 0.6) is 0 Å². The summed E-state index contributed by atoms with van der Waals surface area (Å²) >= 11 is 0. The van der Waals surface area contributed by atoms with E-state index in [-0.39, 0.29) is 0 Å². The lowest BCUT2D eigenvalue weighted by Gasteiger charge is -2.21. The maximum atomic E-state index is 12.7. The Morgan fingerprint density at radius 2 is 1.04 bits per heavy atom. The van der Waals surface area contributed by atoms with Crippen LogP contribution < -0.4 is 0 Å². The highest BCUT2D eigenvalue weighted by Gasteiger charge is 2.32. The Morgan fingerprint density at radius 3 is 1.42 bits per heavy atom. The summed E-state index contributed by atoms with van der Waals surface area (Å²) in [6.07, 6.45) is -0.671. The molecular weight excluding hydrogens is 328 g/mol. The van der Waals surface area contributed by atoms with Crippen LogP contribution in [0.4, 0.5) is 0 Å². The number of carbonyl (C=O) groups excluding carboxylic acids is 1. The van der Waals surface area contributed by atoms with Gasteiger partial charge in [-0.25, -0.2) is 0 Å². The highest BCUT2D eigenvalue weighted by molar-refractivity contribution is 6.00. The van der Waals surface area contributed by atoms with Crippen LogP contribution in [-0.2, 0) is 14.3 Å². The number of aliphatic carboxylic acids is 1. The first-order valence-corrected chi connectivity index (χ1v) is 8.25. The average molecular weight is 346 g/mol. The number of ether oxygens (including phenoxy) is 1. The molecule has 0 heterocycles. The Bertz CT molecular complexity index is 821. The Hall–Kier alpha value is -3.40. The van der Waals surface area contributed by atoms with Crippen LogP contribution in [0.2, 0.25) is 0 Å². The van der Waals surface area contributed by atoms with Gasteiger partial charge in [0.15, 0.2) is 12.0 Å². The zero-order chi connectivity index (χ0) is 18.4. The van der Waals surface area contributed by atoms with E-state index in [4.69, 9.17) is 4.74 Å². The molecule has 0 saturated heterocycles. The molecule has 0 aromatic heterocycles. The van der Waals surface area contributed by atoms with Gasteiger partial charge in [-0.2, -0.15) is 0 Å². The first kappa shape index (κ1) is 17.4. The van der Waals surface area contributed by atoms with Gasteiger partial charge in [0, 0.05) is 0 Å². The van der Waals surface area contributed by atoms with E-state index < -0.39 is 24.0 Å². The molecule has 4 nitrogen and oxygen atoms in total. The minimum absolute atomic E-state index is 0.393. The number of hydrogen-bond donors (Lipinski definition) is 1. The van der Waals surface area contributed by atoms with Crippen LogP contribution in [0.25, 0.3) is 0 Å². The number of carboxylic acid groups (broad SMARTS) is 1. The van der Waals surface area contributed by atoms with Gasteiger partial charge in [0.2, 0.25) is 0 Å². The summed E-state index contributed by atoms with van der Waals surface area (Å²) in [5.74, 6) is -3.39. The van der Waals surface area contributed by atoms with E-state index in [0.717, 1.165) is 11.1 Å². The standard InChI is InChI=1S/C22H18O4/c23-21(24)19(16-10-4-1-5-11-16)22(25)26-20(17-12-6-2-7-13-17)18-14-8-3-9-15-18/h1-15,19-20H,(H,23,24). The van der Waals surface area contributed by atoms with Gasteiger partial charge in [0.05, 0.1) is 0 Å². The molecule has 1 atom stereocenters. The van der Waals surface area contributed by atoms with Gasteiger partial charge < -0.3 is 9.84 Å². The Labute approximate surface area is 151 Å². The molecule has 0 aliphatic carbocycles. The van der Waals surface area contributed by atoms with Crippen molar-refractivity contribution in [2.75, 3.05) is 0 Å². The van der Waals surface area contributed by atoms with E-state index in [9.17, 15) is 14.7 Å². The minimum atomic E-state index is -1.37. The van der Waals surface area contributed by atoms with E-state index in [2.05, 4.69) is 0 Å². The minimum Gasteiger partial charge on any atom is -0.480 e. The monoisotopic (exact) mass is 346 g/mol. The first-order chi connectivity index (χ1) is 12.7. The highest BCUT2D eigenvalue weighted by Crippen LogP contribution is 2.29. The maximum Gasteiger partial charge on any atom is 0.325 e. The first-order valence-electron chi connectivity index (χ1n) is 8.25. The van der Waals surface area contributed by atoms with Gasteiger partial charge in [-0.1, -0.05) is 91.0 Å². The lowest BCUT2D eigenvalue weighted by atomic mass is 9.98. The van der Waals surface area contributed by atoms with Crippen LogP contribution in [0.15, 0.2) is 91.0 Å². The quantitative estimate of drug-likeness (QED) is 0.537. The van der Waals surface area contributed by atoms with Crippen molar-refractivity contribution < 1.29 is 19.4 Å². The van der Waals surface area contributed by atoms with E-state index in [1.807, 2.05) is 60.7 Å². The summed E-state index contributed by atoms with van der Waals surface area (Å²) in [6.45, 7) is 0. The summed E-state index contributed by atoms with van der Waals surface area (Å²) in [6, 6.07) is 26.9. The third kappa shape index (κ3) is 3.98. The SMILES string of the molecule is O=C(O)C(C(=O)OC(c1ccccc1)c1ccccc1)c1ccccc1. The molecule has 0 spiro atoms. The van der Waals surface area contributed by atoms with Gasteiger partial charge in [0.25, 0.3) is 0 Å². The van der Waals surface area contributed by atoms with E-state index in [1.54, 1.807) is 30.3 Å². The van der Waals surface area contributed by atoms with Gasteiger partial charge >= 0.3 is 11.9 Å². The fraction of sp³-hybridized carbons (Fsp3) is 0.0909. The van der Waals surface area contributed by atoms with Gasteiger partial charge in [-0.05, 0) is 16.7 Å². The molecule has 0 aliphatic heterocycles. The number of esters is 1. The van der Waals surface area contributed by atoms with Crippen molar-refractivity contribution >= 4 is 11.9 Å². The second-order valence-corrected chi connectivity index (χ2v) is 5.82. The van der Waals surface area contributed by atoms with Crippen molar-refractivity contribution in [3.8, 4) is 0 Å². The number of carboxylic acids is 1. The summed E-state index contributed by atoms with van der Waals surface area (Å²) in [7, 11) is 0. The largest absolute Gasteiger partial charge is 0.480 e. The van der Waals surface area contributed by atoms with Crippen molar-refractivity contribution in [2.24, 2.45) is 0 Å². The molecule has 1 unspecified atom stereocenters. The Kier molecular flexibility index (Phi) is 5.44. The van der Waals surface area contributed by atoms with Crippen molar-refractivity contribution in [2.45, 2.75) is 12.0 Å². The van der Waals surface area contributed by atoms with Gasteiger partial charge in [0.1, 0.15) is 0 Å². The lowest BCUT2D eigenvalue weighted by Crippen LogP contribution is -2.25. The van der Waals surface area contributed by atoms with E-state index in [0.29, 0.717) is 5.56 Å². The van der Waals surface area contributed by atoms with Crippen LogP contribution >= 0.6 is 0 Å². The zero-order valence-corrected chi connectivity index (χ0v) is 14.0. The van der Waals surface area contributed by atoms with Crippen LogP contribution in [0.1, 0.15) is 28.7 Å². The highest BCUT2D eigenvalue weighted by atomic mass is 16.5. The average Bonchev–Trinajstić information content (AvgIpc) is 2.68. The molecule has 3 rings (SSSR count). The summed E-state index contributed by atoms with van der Waals surface area (Å²) < 4.78 is 5.68. The van der Waals surface area contributed by atoms with E-state index >= 15 is 0 Å². The molecule has 130 valence electrons. The molecule has 4 heteroatoms. The molecule has 0 radical (unpaired) electrons. The van der Waals surface area contributed by atoms with Crippen molar-refractivity contribution in [3.63, 3.8) is 0 Å². The second kappa shape index (κ2) is 8.12. The number of benzene rings is 3. The molecule has 0 saturated carbocycles. The predicted octanol–water partition coefficient (Wildman–Crippen LogP) is 4.19. The number of hydrogen-bond acceptors (Lipinski definition) is 3. The second-order valence-electron chi connectivity index (χ2n) is 5.82. The Morgan fingerprint density at radius 1 is 0.654 bits per heavy atom. The lowest BCUT2D eigenvalue weighted by molar-refractivity contribution is -0.156. The molecule has 1 N–H and O–H groups in total. The molecule has 26 heavy (non-hydrogen) atoms. The molecule has 0 fully saturated rings. The third-order valence-corrected chi connectivity index (χ3v) is 4.05. The van der Waals surface area contributed by atoms with Crippen molar-refractivity contribution in [1.82, 2.24) is 0 Å². The molecule has 0 bridgehead atoms. The zero-order valence-electron chi connectivity index (χ0n) is 14.0. The fourth-order valence-corrected chi connectivity index (χ4v) is 2.79. The Balaban J connectivity index is 1.93. The fourth-order valence-electron chi connectivity index (χ4n) is 2.79. The summed E-state index contributed by atoms with van der Waals surface area (Å²) in [5.41, 5.74) is 1.96. The molecule has 3 aromatic carbocycles. The van der Waals surface area contributed by atoms with Gasteiger partial charge in [-0.15, -0.1) is 0 Å². The normalized spacial score (nSPS) is 11.7. The number of carbonyl (C=O) groups is 2. The molecule has 0 amide bonds. The smallest absolute Gasteiger partial charge is 0.325 e. The third-order valence-electron chi connectivity index (χ3n) is 4.05. The van der Waals surface area contributed by atoms with Crippen LogP contribution in [-0.4, -0.2) is 17.0 Å². The summed E-state index contributed by atoms with van der Waals surface area (Å²) in [4.78, 5) is 24.4. The van der Waals surface area contributed by atoms with Crippen molar-refractivity contribution in [1.29, 1.82) is 0 Å². The summed E-state index contributed by atoms with van der Waals surface area (Å²) in [5, 5.41) is 9.55. The predicted molar refractivity (Wildman–Crippen MR) is 97.6 cm³/mol. The maximum absolute atomic E-state index is 12.7. The molecule has 3 aromatic rings. The van der Waals surface area contributed by atoms with Crippen LogP contribution in [0.3, 0.4) is 0 Å². The van der Waals surface area contributed by atoms with Crippen LogP contribution in [0, 0.1) is 0 Å². The topological polar surface area (TPSA) is 63.6 Å². The molecular formula is C22H18O4. The van der Waals surface area contributed by atoms with Gasteiger partial charge in [-0.3, -0.25) is 9.59 Å². The van der Waals surface area contributed by atoms with E-state index in [1.165, 1.54) is 0 Å². The van der Waals surface area contributed by atoms with Crippen molar-refractivity contribution in [3.05, 3.63) is 108 Å². The number of rotatable bonds is 6. The molecule has 0 aliphatic rings.